The Labute approximate surface area is 166 Å². The number of hydrazone groups is 1. The number of carbonyl (C=O) groups excluding carboxylic acids is 2. The Balaban J connectivity index is 1.79. The highest BCUT2D eigenvalue weighted by Crippen LogP contribution is 2.09. The van der Waals surface area contributed by atoms with Crippen molar-refractivity contribution in [2.75, 3.05) is 0 Å². The Kier molecular flexibility index (Phi) is 6.57. The van der Waals surface area contributed by atoms with Gasteiger partial charge in [0.05, 0.1) is 6.21 Å². The van der Waals surface area contributed by atoms with E-state index in [4.69, 9.17) is 0 Å². The first-order valence-corrected chi connectivity index (χ1v) is 8.69. The Hall–Kier alpha value is -4.13. The molecular formula is C22H17FN4O2. The SMILES string of the molecule is O=C(NN=Cc1ccncc1)/C(=C\c1ccc(F)cc1)NC(=O)c1ccccc1. The van der Waals surface area contributed by atoms with Crippen LogP contribution in [-0.4, -0.2) is 23.0 Å². The van der Waals surface area contributed by atoms with Crippen LogP contribution >= 0.6 is 0 Å². The summed E-state index contributed by atoms with van der Waals surface area (Å²) in [4.78, 5) is 28.9. The van der Waals surface area contributed by atoms with Crippen LogP contribution in [0.1, 0.15) is 21.5 Å². The van der Waals surface area contributed by atoms with E-state index in [0.717, 1.165) is 5.56 Å². The first-order valence-electron chi connectivity index (χ1n) is 8.69. The summed E-state index contributed by atoms with van der Waals surface area (Å²) in [6, 6.07) is 17.5. The van der Waals surface area contributed by atoms with Gasteiger partial charge in [-0.25, -0.2) is 9.82 Å². The van der Waals surface area contributed by atoms with Gasteiger partial charge in [-0.1, -0.05) is 30.3 Å². The maximum atomic E-state index is 13.1. The van der Waals surface area contributed by atoms with Crippen LogP contribution in [0.15, 0.2) is 89.9 Å². The zero-order chi connectivity index (χ0) is 20.5. The second-order valence-corrected chi connectivity index (χ2v) is 5.91. The first kappa shape index (κ1) is 19.6. The number of pyridine rings is 1. The van der Waals surface area contributed by atoms with Crippen molar-refractivity contribution in [2.24, 2.45) is 5.10 Å². The van der Waals surface area contributed by atoms with E-state index in [2.05, 4.69) is 20.8 Å². The summed E-state index contributed by atoms with van der Waals surface area (Å²) in [5.41, 5.74) is 4.03. The lowest BCUT2D eigenvalue weighted by Gasteiger charge is -2.09. The van der Waals surface area contributed by atoms with Gasteiger partial charge >= 0.3 is 0 Å². The molecule has 3 aromatic rings. The van der Waals surface area contributed by atoms with Crippen LogP contribution in [0.2, 0.25) is 0 Å². The molecule has 0 bridgehead atoms. The van der Waals surface area contributed by atoms with Gasteiger partial charge in [0.2, 0.25) is 0 Å². The number of carbonyl (C=O) groups is 2. The lowest BCUT2D eigenvalue weighted by atomic mass is 10.1. The predicted molar refractivity (Wildman–Crippen MR) is 108 cm³/mol. The third-order valence-corrected chi connectivity index (χ3v) is 3.80. The fourth-order valence-corrected chi connectivity index (χ4v) is 2.34. The molecule has 6 nitrogen and oxygen atoms in total. The molecule has 144 valence electrons. The van der Waals surface area contributed by atoms with E-state index in [1.807, 2.05) is 0 Å². The Morgan fingerprint density at radius 3 is 2.28 bits per heavy atom. The summed E-state index contributed by atoms with van der Waals surface area (Å²) in [6.07, 6.45) is 6.10. The molecule has 1 aromatic heterocycles. The molecule has 0 saturated heterocycles. The number of nitrogens with zero attached hydrogens (tertiary/aromatic N) is 2. The van der Waals surface area contributed by atoms with Gasteiger partial charge in [0.25, 0.3) is 11.8 Å². The molecule has 7 heteroatoms. The summed E-state index contributed by atoms with van der Waals surface area (Å²) < 4.78 is 13.1. The van der Waals surface area contributed by atoms with Crippen LogP contribution in [-0.2, 0) is 4.79 Å². The maximum absolute atomic E-state index is 13.1. The van der Waals surface area contributed by atoms with E-state index in [1.165, 1.54) is 36.6 Å². The molecule has 1 heterocycles. The molecular weight excluding hydrogens is 371 g/mol. The minimum absolute atomic E-state index is 0.0302. The van der Waals surface area contributed by atoms with E-state index >= 15 is 0 Å². The van der Waals surface area contributed by atoms with Crippen molar-refractivity contribution in [3.63, 3.8) is 0 Å². The fourth-order valence-electron chi connectivity index (χ4n) is 2.34. The molecule has 2 amide bonds. The Morgan fingerprint density at radius 2 is 1.59 bits per heavy atom. The summed E-state index contributed by atoms with van der Waals surface area (Å²) in [7, 11) is 0. The van der Waals surface area contributed by atoms with Gasteiger partial charge < -0.3 is 5.32 Å². The average molecular weight is 388 g/mol. The van der Waals surface area contributed by atoms with Crippen LogP contribution in [0, 0.1) is 5.82 Å². The highest BCUT2D eigenvalue weighted by Gasteiger charge is 2.14. The van der Waals surface area contributed by atoms with Gasteiger partial charge in [-0.05, 0) is 53.6 Å². The zero-order valence-electron chi connectivity index (χ0n) is 15.2. The molecule has 2 aromatic carbocycles. The fraction of sp³-hybridized carbons (Fsp3) is 0. The summed E-state index contributed by atoms with van der Waals surface area (Å²) in [5, 5.41) is 6.47. The minimum atomic E-state index is -0.621. The van der Waals surface area contributed by atoms with Crippen molar-refractivity contribution in [2.45, 2.75) is 0 Å². The molecule has 3 rings (SSSR count). The summed E-state index contributed by atoms with van der Waals surface area (Å²) in [5.74, 6) is -1.47. The number of benzene rings is 2. The minimum Gasteiger partial charge on any atom is -0.317 e. The van der Waals surface area contributed by atoms with Crippen molar-refractivity contribution in [3.05, 3.63) is 107 Å². The molecule has 29 heavy (non-hydrogen) atoms. The maximum Gasteiger partial charge on any atom is 0.287 e. The molecule has 2 N–H and O–H groups in total. The molecule has 0 saturated carbocycles. The molecule has 0 aliphatic rings. The monoisotopic (exact) mass is 388 g/mol. The number of hydrogen-bond acceptors (Lipinski definition) is 4. The van der Waals surface area contributed by atoms with Crippen molar-refractivity contribution in [1.29, 1.82) is 0 Å². The van der Waals surface area contributed by atoms with Gasteiger partial charge in [-0.3, -0.25) is 14.6 Å². The summed E-state index contributed by atoms with van der Waals surface area (Å²) in [6.45, 7) is 0. The van der Waals surface area contributed by atoms with E-state index in [9.17, 15) is 14.0 Å². The highest BCUT2D eigenvalue weighted by molar-refractivity contribution is 6.05. The van der Waals surface area contributed by atoms with E-state index in [1.54, 1.807) is 54.9 Å². The molecule has 0 spiro atoms. The Bertz CT molecular complexity index is 1030. The third-order valence-electron chi connectivity index (χ3n) is 3.80. The molecule has 0 atom stereocenters. The van der Waals surface area contributed by atoms with E-state index in [0.29, 0.717) is 11.1 Å². The topological polar surface area (TPSA) is 83.4 Å². The second kappa shape index (κ2) is 9.70. The third kappa shape index (κ3) is 5.93. The standard InChI is InChI=1S/C22H17FN4O2/c23-19-8-6-16(7-9-19)14-20(26-21(28)18-4-2-1-3-5-18)22(29)27-25-15-17-10-12-24-13-11-17/h1-15H,(H,26,28)(H,27,29)/b20-14+,25-15?. The zero-order valence-corrected chi connectivity index (χ0v) is 15.2. The molecule has 0 aliphatic heterocycles. The summed E-state index contributed by atoms with van der Waals surface area (Å²) >= 11 is 0. The number of halogens is 1. The number of nitrogens with one attached hydrogen (secondary N) is 2. The van der Waals surface area contributed by atoms with Gasteiger partial charge in [0.1, 0.15) is 11.5 Å². The van der Waals surface area contributed by atoms with Crippen LogP contribution in [0.5, 0.6) is 0 Å². The highest BCUT2D eigenvalue weighted by atomic mass is 19.1. The van der Waals surface area contributed by atoms with Crippen molar-refractivity contribution in [1.82, 2.24) is 15.7 Å². The van der Waals surface area contributed by atoms with Crippen molar-refractivity contribution < 1.29 is 14.0 Å². The van der Waals surface area contributed by atoms with Crippen molar-refractivity contribution >= 4 is 24.1 Å². The lowest BCUT2D eigenvalue weighted by Crippen LogP contribution is -2.32. The van der Waals surface area contributed by atoms with Crippen LogP contribution < -0.4 is 10.7 Å². The molecule has 0 fully saturated rings. The van der Waals surface area contributed by atoms with Crippen LogP contribution in [0.4, 0.5) is 4.39 Å². The van der Waals surface area contributed by atoms with Gasteiger partial charge in [-0.15, -0.1) is 0 Å². The molecule has 0 unspecified atom stereocenters. The quantitative estimate of drug-likeness (QED) is 0.387. The second-order valence-electron chi connectivity index (χ2n) is 5.91. The van der Waals surface area contributed by atoms with Crippen LogP contribution in [0.3, 0.4) is 0 Å². The predicted octanol–water partition coefficient (Wildman–Crippen LogP) is 3.14. The number of hydrogen-bond donors (Lipinski definition) is 2. The first-order chi connectivity index (χ1) is 14.1. The van der Waals surface area contributed by atoms with E-state index in [-0.39, 0.29) is 5.70 Å². The number of amides is 2. The van der Waals surface area contributed by atoms with Gasteiger partial charge in [0.15, 0.2) is 0 Å². The molecule has 0 radical (unpaired) electrons. The number of rotatable bonds is 6. The van der Waals surface area contributed by atoms with Crippen LogP contribution in [0.25, 0.3) is 6.08 Å². The number of aromatic nitrogens is 1. The van der Waals surface area contributed by atoms with Gasteiger partial charge in [-0.2, -0.15) is 5.10 Å². The average Bonchev–Trinajstić information content (AvgIpc) is 2.76. The lowest BCUT2D eigenvalue weighted by molar-refractivity contribution is -0.117. The van der Waals surface area contributed by atoms with Crippen molar-refractivity contribution in [3.8, 4) is 0 Å². The molecule has 0 aliphatic carbocycles. The van der Waals surface area contributed by atoms with Gasteiger partial charge in [0, 0.05) is 18.0 Å². The smallest absolute Gasteiger partial charge is 0.287 e. The Morgan fingerprint density at radius 1 is 0.897 bits per heavy atom. The largest absolute Gasteiger partial charge is 0.317 e. The normalized spacial score (nSPS) is 11.3. The van der Waals surface area contributed by atoms with E-state index < -0.39 is 17.6 Å².